The van der Waals surface area contributed by atoms with E-state index in [1.807, 2.05) is 7.05 Å². The normalized spacial score (nSPS) is 20.8. The fraction of sp³-hybridized carbons (Fsp3) is 1.00. The van der Waals surface area contributed by atoms with Crippen molar-refractivity contribution in [2.24, 2.45) is 23.7 Å². The molecule has 0 aliphatic heterocycles. The lowest BCUT2D eigenvalue weighted by molar-refractivity contribution is 0.207. The van der Waals surface area contributed by atoms with E-state index in [0.29, 0.717) is 0 Å². The van der Waals surface area contributed by atoms with Crippen LogP contribution in [0, 0.1) is 23.7 Å². The van der Waals surface area contributed by atoms with Gasteiger partial charge in [0.2, 0.25) is 0 Å². The molecule has 0 fully saturated rings. The van der Waals surface area contributed by atoms with Crippen molar-refractivity contribution in [1.29, 1.82) is 0 Å². The first-order valence-corrected chi connectivity index (χ1v) is 5.69. The summed E-state index contributed by atoms with van der Waals surface area (Å²) < 4.78 is 0. The van der Waals surface area contributed by atoms with Gasteiger partial charge in [-0.1, -0.05) is 41.0 Å². The van der Waals surface area contributed by atoms with Crippen LogP contribution < -0.4 is 5.32 Å². The standard InChI is InChI=1S/C12H27N/c1-7-9(2)11(4)12(5)10(3)8-13-6/h9-13H,7-8H2,1-6H3. The molecule has 4 atom stereocenters. The van der Waals surface area contributed by atoms with Gasteiger partial charge in [-0.15, -0.1) is 0 Å². The molecule has 4 unspecified atom stereocenters. The summed E-state index contributed by atoms with van der Waals surface area (Å²) in [5.74, 6) is 3.30. The third-order valence-electron chi connectivity index (χ3n) is 3.79. The molecular formula is C12H27N. The molecule has 1 nitrogen and oxygen atoms in total. The number of nitrogens with one attached hydrogen (secondary N) is 1. The summed E-state index contributed by atoms with van der Waals surface area (Å²) in [4.78, 5) is 0. The Bertz CT molecular complexity index is 122. The molecule has 1 heteroatoms. The summed E-state index contributed by atoms with van der Waals surface area (Å²) >= 11 is 0. The van der Waals surface area contributed by atoms with Gasteiger partial charge in [0.05, 0.1) is 0 Å². The molecule has 0 aliphatic carbocycles. The van der Waals surface area contributed by atoms with Gasteiger partial charge in [-0.2, -0.15) is 0 Å². The van der Waals surface area contributed by atoms with Crippen LogP contribution >= 0.6 is 0 Å². The van der Waals surface area contributed by atoms with Gasteiger partial charge in [-0.05, 0) is 37.3 Å². The summed E-state index contributed by atoms with van der Waals surface area (Å²) in [6, 6.07) is 0. The molecule has 0 saturated heterocycles. The SMILES string of the molecule is CCC(C)C(C)C(C)C(C)CNC. The van der Waals surface area contributed by atoms with Crippen LogP contribution in [0.3, 0.4) is 0 Å². The van der Waals surface area contributed by atoms with Gasteiger partial charge in [0.25, 0.3) is 0 Å². The summed E-state index contributed by atoms with van der Waals surface area (Å²) in [7, 11) is 2.04. The van der Waals surface area contributed by atoms with E-state index in [0.717, 1.165) is 30.2 Å². The molecule has 0 aliphatic rings. The van der Waals surface area contributed by atoms with E-state index in [2.05, 4.69) is 39.9 Å². The van der Waals surface area contributed by atoms with Crippen LogP contribution in [0.2, 0.25) is 0 Å². The number of hydrogen-bond acceptors (Lipinski definition) is 1. The Morgan fingerprint density at radius 2 is 1.38 bits per heavy atom. The number of rotatable bonds is 6. The lowest BCUT2D eigenvalue weighted by atomic mass is 9.77. The summed E-state index contributed by atoms with van der Waals surface area (Å²) in [6.07, 6.45) is 1.30. The fourth-order valence-electron chi connectivity index (χ4n) is 1.92. The third kappa shape index (κ3) is 4.12. The second-order valence-electron chi connectivity index (χ2n) is 4.64. The zero-order chi connectivity index (χ0) is 10.4. The van der Waals surface area contributed by atoms with Gasteiger partial charge in [-0.25, -0.2) is 0 Å². The second kappa shape index (κ2) is 6.42. The quantitative estimate of drug-likeness (QED) is 0.670. The molecule has 0 aromatic rings. The van der Waals surface area contributed by atoms with Crippen molar-refractivity contribution in [3.8, 4) is 0 Å². The first-order chi connectivity index (χ1) is 6.04. The van der Waals surface area contributed by atoms with Crippen LogP contribution in [0.4, 0.5) is 0 Å². The second-order valence-corrected chi connectivity index (χ2v) is 4.64. The molecule has 0 amide bonds. The molecular weight excluding hydrogens is 158 g/mol. The molecule has 1 N–H and O–H groups in total. The zero-order valence-electron chi connectivity index (χ0n) is 10.2. The molecule has 0 radical (unpaired) electrons. The summed E-state index contributed by atoms with van der Waals surface area (Å²) in [5, 5.41) is 3.26. The third-order valence-corrected chi connectivity index (χ3v) is 3.79. The van der Waals surface area contributed by atoms with Crippen LogP contribution in [0.15, 0.2) is 0 Å². The minimum Gasteiger partial charge on any atom is -0.319 e. The van der Waals surface area contributed by atoms with E-state index >= 15 is 0 Å². The average Bonchev–Trinajstić information content (AvgIpc) is 2.14. The predicted molar refractivity (Wildman–Crippen MR) is 60.9 cm³/mol. The highest BCUT2D eigenvalue weighted by Crippen LogP contribution is 2.28. The topological polar surface area (TPSA) is 12.0 Å². The maximum absolute atomic E-state index is 3.26. The minimum absolute atomic E-state index is 0.786. The summed E-state index contributed by atoms with van der Waals surface area (Å²) in [5.41, 5.74) is 0. The van der Waals surface area contributed by atoms with Gasteiger partial charge in [0.15, 0.2) is 0 Å². The van der Waals surface area contributed by atoms with Crippen molar-refractivity contribution in [1.82, 2.24) is 5.32 Å². The first-order valence-electron chi connectivity index (χ1n) is 5.69. The lowest BCUT2D eigenvalue weighted by Gasteiger charge is -2.30. The van der Waals surface area contributed by atoms with Crippen molar-refractivity contribution in [2.45, 2.75) is 41.0 Å². The van der Waals surface area contributed by atoms with Crippen LogP contribution in [0.1, 0.15) is 41.0 Å². The molecule has 0 heterocycles. The molecule has 0 aromatic carbocycles. The highest BCUT2D eigenvalue weighted by Gasteiger charge is 2.22. The van der Waals surface area contributed by atoms with Gasteiger partial charge >= 0.3 is 0 Å². The Kier molecular flexibility index (Phi) is 6.40. The smallest absolute Gasteiger partial charge is 0.00235 e. The van der Waals surface area contributed by atoms with Crippen LogP contribution in [0.25, 0.3) is 0 Å². The largest absolute Gasteiger partial charge is 0.319 e. The maximum atomic E-state index is 3.26. The molecule has 80 valence electrons. The van der Waals surface area contributed by atoms with Crippen molar-refractivity contribution >= 4 is 0 Å². The van der Waals surface area contributed by atoms with Gasteiger partial charge in [-0.3, -0.25) is 0 Å². The minimum atomic E-state index is 0.786. The average molecular weight is 185 g/mol. The molecule has 0 saturated carbocycles. The monoisotopic (exact) mass is 185 g/mol. The molecule has 0 rings (SSSR count). The van der Waals surface area contributed by atoms with Gasteiger partial charge in [0, 0.05) is 0 Å². The Balaban J connectivity index is 3.99. The zero-order valence-corrected chi connectivity index (χ0v) is 10.2. The van der Waals surface area contributed by atoms with E-state index in [1.165, 1.54) is 6.42 Å². The van der Waals surface area contributed by atoms with Gasteiger partial charge < -0.3 is 5.32 Å². The van der Waals surface area contributed by atoms with E-state index in [-0.39, 0.29) is 0 Å². The van der Waals surface area contributed by atoms with Crippen LogP contribution in [0.5, 0.6) is 0 Å². The molecule has 13 heavy (non-hydrogen) atoms. The Labute approximate surface area is 84.3 Å². The molecule has 0 aromatic heterocycles. The van der Waals surface area contributed by atoms with E-state index in [1.54, 1.807) is 0 Å². The van der Waals surface area contributed by atoms with Crippen molar-refractivity contribution in [3.63, 3.8) is 0 Å². The van der Waals surface area contributed by atoms with Crippen molar-refractivity contribution in [3.05, 3.63) is 0 Å². The first kappa shape index (κ1) is 13.0. The predicted octanol–water partition coefficient (Wildman–Crippen LogP) is 3.16. The molecule has 0 bridgehead atoms. The van der Waals surface area contributed by atoms with Crippen molar-refractivity contribution in [2.75, 3.05) is 13.6 Å². The Morgan fingerprint density at radius 1 is 0.923 bits per heavy atom. The molecule has 0 spiro atoms. The fourth-order valence-corrected chi connectivity index (χ4v) is 1.92. The van der Waals surface area contributed by atoms with E-state index < -0.39 is 0 Å². The van der Waals surface area contributed by atoms with E-state index in [9.17, 15) is 0 Å². The Morgan fingerprint density at radius 3 is 1.77 bits per heavy atom. The van der Waals surface area contributed by atoms with Crippen LogP contribution in [-0.4, -0.2) is 13.6 Å². The van der Waals surface area contributed by atoms with Gasteiger partial charge in [0.1, 0.15) is 0 Å². The van der Waals surface area contributed by atoms with Crippen LogP contribution in [-0.2, 0) is 0 Å². The Hall–Kier alpha value is -0.0400. The van der Waals surface area contributed by atoms with E-state index in [4.69, 9.17) is 0 Å². The summed E-state index contributed by atoms with van der Waals surface area (Å²) in [6.45, 7) is 12.9. The lowest BCUT2D eigenvalue weighted by Crippen LogP contribution is -2.28. The van der Waals surface area contributed by atoms with Crippen molar-refractivity contribution < 1.29 is 0 Å². The highest BCUT2D eigenvalue weighted by atomic mass is 14.8. The number of hydrogen-bond donors (Lipinski definition) is 1. The maximum Gasteiger partial charge on any atom is -0.00235 e. The highest BCUT2D eigenvalue weighted by molar-refractivity contribution is 4.72.